The Hall–Kier alpha value is -3.62. The van der Waals surface area contributed by atoms with E-state index >= 15 is 0 Å². The zero-order chi connectivity index (χ0) is 21.8. The number of benzene rings is 2. The molecule has 1 atom stereocenters. The number of rotatable bonds is 6. The van der Waals surface area contributed by atoms with E-state index in [-0.39, 0.29) is 18.4 Å². The third-order valence-electron chi connectivity index (χ3n) is 4.52. The number of hydrogen-bond donors (Lipinski definition) is 1. The van der Waals surface area contributed by atoms with Gasteiger partial charge in [0.2, 0.25) is 0 Å². The number of amides is 1. The second-order valence-electron chi connectivity index (χ2n) is 6.63. The van der Waals surface area contributed by atoms with Crippen LogP contribution in [0.3, 0.4) is 0 Å². The molecule has 3 aromatic rings. The Labute approximate surface area is 170 Å². The van der Waals surface area contributed by atoms with Crippen molar-refractivity contribution in [3.8, 4) is 0 Å². The number of nitrogens with zero attached hydrogens (tertiary/aromatic N) is 2. The van der Waals surface area contributed by atoms with Crippen LogP contribution in [0.2, 0.25) is 0 Å². The van der Waals surface area contributed by atoms with E-state index in [2.05, 4.69) is 10.3 Å². The summed E-state index contributed by atoms with van der Waals surface area (Å²) in [6.45, 7) is 1.29. The number of aryl methyl sites for hydroxylation is 1. The van der Waals surface area contributed by atoms with E-state index in [9.17, 15) is 23.2 Å². The van der Waals surface area contributed by atoms with E-state index in [1.54, 1.807) is 31.3 Å². The smallest absolute Gasteiger partial charge is 0.307 e. The van der Waals surface area contributed by atoms with Gasteiger partial charge in [0.25, 0.3) is 11.5 Å². The maximum Gasteiger partial charge on any atom is 0.307 e. The molecule has 0 saturated heterocycles. The second kappa shape index (κ2) is 8.81. The van der Waals surface area contributed by atoms with Crippen LogP contribution in [-0.4, -0.2) is 27.5 Å². The van der Waals surface area contributed by atoms with E-state index in [0.29, 0.717) is 16.7 Å². The van der Waals surface area contributed by atoms with Crippen molar-refractivity contribution in [2.24, 2.45) is 7.05 Å². The highest BCUT2D eigenvalue weighted by Gasteiger charge is 2.21. The lowest BCUT2D eigenvalue weighted by Crippen LogP contribution is -2.31. The van der Waals surface area contributed by atoms with Gasteiger partial charge in [-0.25, -0.2) is 13.8 Å². The van der Waals surface area contributed by atoms with Crippen molar-refractivity contribution in [3.63, 3.8) is 0 Å². The first-order chi connectivity index (χ1) is 14.3. The summed E-state index contributed by atoms with van der Waals surface area (Å²) < 4.78 is 33.6. The predicted molar refractivity (Wildman–Crippen MR) is 106 cm³/mol. The Balaban J connectivity index is 1.62. The van der Waals surface area contributed by atoms with Crippen molar-refractivity contribution >= 4 is 28.5 Å². The van der Waals surface area contributed by atoms with Crippen LogP contribution in [-0.2, 0) is 27.8 Å². The molecule has 1 heterocycles. The molecular formula is C21H19F2N3O4. The van der Waals surface area contributed by atoms with Crippen LogP contribution in [0.5, 0.6) is 0 Å². The van der Waals surface area contributed by atoms with E-state index in [4.69, 9.17) is 4.74 Å². The van der Waals surface area contributed by atoms with Gasteiger partial charge in [-0.1, -0.05) is 18.2 Å². The fraction of sp³-hybridized carbons (Fsp3) is 0.238. The maximum absolute atomic E-state index is 13.6. The summed E-state index contributed by atoms with van der Waals surface area (Å²) in [6, 6.07) is 10.0. The summed E-state index contributed by atoms with van der Waals surface area (Å²) in [5.74, 6) is -3.07. The molecule has 1 aromatic heterocycles. The number of esters is 1. The average Bonchev–Trinajstić information content (AvgIpc) is 2.72. The molecule has 0 aliphatic carbocycles. The van der Waals surface area contributed by atoms with Crippen LogP contribution in [0.1, 0.15) is 19.2 Å². The normalized spacial score (nSPS) is 11.9. The molecule has 0 aliphatic rings. The van der Waals surface area contributed by atoms with Crippen molar-refractivity contribution in [1.29, 1.82) is 0 Å². The highest BCUT2D eigenvalue weighted by molar-refractivity contribution is 5.95. The Kier molecular flexibility index (Phi) is 6.20. The van der Waals surface area contributed by atoms with E-state index in [1.165, 1.54) is 11.5 Å². The van der Waals surface area contributed by atoms with Gasteiger partial charge in [0.1, 0.15) is 23.1 Å². The van der Waals surface area contributed by atoms with Gasteiger partial charge in [-0.05, 0) is 31.2 Å². The monoisotopic (exact) mass is 415 g/mol. The van der Waals surface area contributed by atoms with Crippen molar-refractivity contribution < 1.29 is 23.1 Å². The number of halogens is 2. The van der Waals surface area contributed by atoms with Gasteiger partial charge in [0.15, 0.2) is 6.10 Å². The van der Waals surface area contributed by atoms with Crippen LogP contribution < -0.4 is 10.9 Å². The molecule has 156 valence electrons. The molecule has 0 bridgehead atoms. The van der Waals surface area contributed by atoms with Crippen LogP contribution in [0, 0.1) is 11.6 Å². The molecule has 0 radical (unpaired) electrons. The van der Waals surface area contributed by atoms with Crippen molar-refractivity contribution in [1.82, 2.24) is 9.55 Å². The first kappa shape index (κ1) is 21.1. The van der Waals surface area contributed by atoms with Gasteiger partial charge < -0.3 is 10.1 Å². The first-order valence-corrected chi connectivity index (χ1v) is 9.17. The molecular weight excluding hydrogens is 396 g/mol. The van der Waals surface area contributed by atoms with Gasteiger partial charge in [-0.3, -0.25) is 19.0 Å². The molecule has 7 nitrogen and oxygen atoms in total. The molecule has 3 rings (SSSR count). The molecule has 0 saturated carbocycles. The number of carbonyl (C=O) groups is 2. The van der Waals surface area contributed by atoms with Gasteiger partial charge in [0.05, 0.1) is 17.3 Å². The molecule has 0 aliphatic heterocycles. The molecule has 9 heteroatoms. The fourth-order valence-electron chi connectivity index (χ4n) is 2.85. The molecule has 1 N–H and O–H groups in total. The van der Waals surface area contributed by atoms with Crippen molar-refractivity contribution in [2.45, 2.75) is 25.9 Å². The average molecular weight is 415 g/mol. The molecule has 0 fully saturated rings. The van der Waals surface area contributed by atoms with Gasteiger partial charge in [-0.15, -0.1) is 0 Å². The van der Waals surface area contributed by atoms with Crippen LogP contribution in [0.15, 0.2) is 47.3 Å². The van der Waals surface area contributed by atoms with Crippen molar-refractivity contribution in [3.05, 3.63) is 70.3 Å². The number of carbonyl (C=O) groups excluding carboxylic acids is 2. The van der Waals surface area contributed by atoms with Crippen LogP contribution in [0.25, 0.3) is 10.9 Å². The number of aromatic nitrogens is 2. The summed E-state index contributed by atoms with van der Waals surface area (Å²) >= 11 is 0. The summed E-state index contributed by atoms with van der Waals surface area (Å²) in [6.07, 6.45) is -1.29. The minimum Gasteiger partial charge on any atom is -0.453 e. The molecule has 0 unspecified atom stereocenters. The quantitative estimate of drug-likeness (QED) is 0.626. The Bertz CT molecular complexity index is 1160. The predicted octanol–water partition coefficient (Wildman–Crippen LogP) is 2.71. The summed E-state index contributed by atoms with van der Waals surface area (Å²) in [5.41, 5.74) is -0.326. The standard InChI is InChI=1S/C21H19F2N3O4/c1-12(20(28)25-19-14(22)7-5-8-15(19)23)30-18(27)11-10-17-24-16-9-4-3-6-13(16)21(29)26(17)2/h3-9,12H,10-11H2,1-2H3,(H,25,28)/t12-/m0/s1. The minimum absolute atomic E-state index is 0.117. The third-order valence-corrected chi connectivity index (χ3v) is 4.52. The number of fused-ring (bicyclic) bond motifs is 1. The Morgan fingerprint density at radius 2 is 1.80 bits per heavy atom. The lowest BCUT2D eigenvalue weighted by atomic mass is 10.2. The topological polar surface area (TPSA) is 90.3 Å². The Morgan fingerprint density at radius 1 is 1.13 bits per heavy atom. The van der Waals surface area contributed by atoms with E-state index in [1.807, 2.05) is 0 Å². The van der Waals surface area contributed by atoms with E-state index < -0.39 is 35.3 Å². The number of anilines is 1. The first-order valence-electron chi connectivity index (χ1n) is 9.17. The number of nitrogens with one attached hydrogen (secondary N) is 1. The van der Waals surface area contributed by atoms with Gasteiger partial charge >= 0.3 is 5.97 Å². The van der Waals surface area contributed by atoms with Crippen LogP contribution >= 0.6 is 0 Å². The summed E-state index contributed by atoms with van der Waals surface area (Å²) in [7, 11) is 1.56. The van der Waals surface area contributed by atoms with Gasteiger partial charge in [0, 0.05) is 13.5 Å². The highest BCUT2D eigenvalue weighted by Crippen LogP contribution is 2.18. The molecule has 1 amide bonds. The zero-order valence-corrected chi connectivity index (χ0v) is 16.3. The minimum atomic E-state index is -1.27. The number of ether oxygens (including phenoxy) is 1. The van der Waals surface area contributed by atoms with Crippen molar-refractivity contribution in [2.75, 3.05) is 5.32 Å². The summed E-state index contributed by atoms with van der Waals surface area (Å²) in [5, 5.41) is 2.54. The summed E-state index contributed by atoms with van der Waals surface area (Å²) in [4.78, 5) is 41.0. The highest BCUT2D eigenvalue weighted by atomic mass is 19.1. The van der Waals surface area contributed by atoms with E-state index in [0.717, 1.165) is 18.2 Å². The Morgan fingerprint density at radius 3 is 2.50 bits per heavy atom. The fourth-order valence-corrected chi connectivity index (χ4v) is 2.85. The van der Waals surface area contributed by atoms with Gasteiger partial charge in [-0.2, -0.15) is 0 Å². The maximum atomic E-state index is 13.6. The zero-order valence-electron chi connectivity index (χ0n) is 16.3. The third kappa shape index (κ3) is 4.51. The lowest BCUT2D eigenvalue weighted by Gasteiger charge is -2.14. The molecule has 30 heavy (non-hydrogen) atoms. The van der Waals surface area contributed by atoms with Crippen LogP contribution in [0.4, 0.5) is 14.5 Å². The lowest BCUT2D eigenvalue weighted by molar-refractivity contribution is -0.153. The molecule has 2 aromatic carbocycles. The number of hydrogen-bond acceptors (Lipinski definition) is 5. The number of para-hydroxylation sites is 2. The largest absolute Gasteiger partial charge is 0.453 e. The second-order valence-corrected chi connectivity index (χ2v) is 6.63. The SMILES string of the molecule is C[C@H](OC(=O)CCc1nc2ccccc2c(=O)n1C)C(=O)Nc1c(F)cccc1F. The molecule has 0 spiro atoms.